The second-order valence-corrected chi connectivity index (χ2v) is 5.82. The first-order valence-corrected chi connectivity index (χ1v) is 8.17. The smallest absolute Gasteiger partial charge is 0.303 e. The van der Waals surface area contributed by atoms with E-state index in [0.29, 0.717) is 35.1 Å². The number of benzene rings is 2. The van der Waals surface area contributed by atoms with Gasteiger partial charge in [-0.05, 0) is 55.4 Å². The molecule has 25 heavy (non-hydrogen) atoms. The summed E-state index contributed by atoms with van der Waals surface area (Å²) in [6, 6.07) is 10.4. The maximum absolute atomic E-state index is 13.3. The molecule has 0 aliphatic carbocycles. The number of carboxylic acid groups (broad SMARTS) is 1. The lowest BCUT2D eigenvalue weighted by Crippen LogP contribution is -2.00. The Morgan fingerprint density at radius 2 is 1.40 bits per heavy atom. The molecule has 0 aliphatic heterocycles. The molecule has 2 rings (SSSR count). The van der Waals surface area contributed by atoms with Crippen molar-refractivity contribution < 1.29 is 23.8 Å². The Labute approximate surface area is 146 Å². The maximum Gasteiger partial charge on any atom is 0.303 e. The third-order valence-corrected chi connectivity index (χ3v) is 3.76. The van der Waals surface area contributed by atoms with Gasteiger partial charge in [-0.1, -0.05) is 36.4 Å². The van der Waals surface area contributed by atoms with E-state index in [1.54, 1.807) is 44.2 Å². The van der Waals surface area contributed by atoms with Crippen LogP contribution in [0.3, 0.4) is 0 Å². The molecule has 0 unspecified atom stereocenters. The molecule has 0 radical (unpaired) electrons. The van der Waals surface area contributed by atoms with Gasteiger partial charge in [-0.15, -0.1) is 0 Å². The van der Waals surface area contributed by atoms with Gasteiger partial charge >= 0.3 is 5.97 Å². The van der Waals surface area contributed by atoms with E-state index in [-0.39, 0.29) is 31.1 Å². The Hall–Kier alpha value is -2.27. The molecule has 0 aromatic heterocycles. The van der Waals surface area contributed by atoms with Crippen LogP contribution in [-0.4, -0.2) is 22.8 Å². The summed E-state index contributed by atoms with van der Waals surface area (Å²) in [5.74, 6) is -1.32. The summed E-state index contributed by atoms with van der Waals surface area (Å²) in [6.07, 6.45) is 1.47. The standard InChI is InChI=1S/C10H11FO2.C10H13FO/c1-7-3-2-4-8(10(7)11)5-6-9(12)13;1-8-4-2-5-9(10(8)11)6-3-7-12/h2-4H,5-6H2,1H3,(H,12,13);2,4-5,12H,3,6-7H2,1H3. The summed E-state index contributed by atoms with van der Waals surface area (Å²) < 4.78 is 26.5. The van der Waals surface area contributed by atoms with E-state index in [2.05, 4.69) is 0 Å². The highest BCUT2D eigenvalue weighted by molar-refractivity contribution is 5.67. The van der Waals surface area contributed by atoms with Crippen LogP contribution in [0.2, 0.25) is 0 Å². The molecule has 0 atom stereocenters. The minimum Gasteiger partial charge on any atom is -0.481 e. The number of rotatable bonds is 6. The van der Waals surface area contributed by atoms with Crippen molar-refractivity contribution in [1.29, 1.82) is 0 Å². The molecule has 0 bridgehead atoms. The van der Waals surface area contributed by atoms with Crippen molar-refractivity contribution in [2.45, 2.75) is 39.5 Å². The number of aryl methyl sites for hydroxylation is 4. The average Bonchev–Trinajstić information content (AvgIpc) is 2.58. The van der Waals surface area contributed by atoms with Crippen LogP contribution >= 0.6 is 0 Å². The lowest BCUT2D eigenvalue weighted by molar-refractivity contribution is -0.136. The molecule has 5 heteroatoms. The summed E-state index contributed by atoms with van der Waals surface area (Å²) >= 11 is 0. The fourth-order valence-corrected chi connectivity index (χ4v) is 2.31. The molecule has 136 valence electrons. The SMILES string of the molecule is Cc1cccc(CCC(=O)O)c1F.Cc1cccc(CCCO)c1F. The number of carboxylic acids is 1. The molecule has 0 heterocycles. The van der Waals surface area contributed by atoms with Gasteiger partial charge in [0.25, 0.3) is 0 Å². The first-order chi connectivity index (χ1) is 11.9. The van der Waals surface area contributed by atoms with E-state index in [0.717, 1.165) is 0 Å². The zero-order valence-electron chi connectivity index (χ0n) is 14.6. The van der Waals surface area contributed by atoms with Crippen molar-refractivity contribution in [2.24, 2.45) is 0 Å². The largest absolute Gasteiger partial charge is 0.481 e. The van der Waals surface area contributed by atoms with Gasteiger partial charge in [0.05, 0.1) is 0 Å². The minimum atomic E-state index is -0.902. The summed E-state index contributed by atoms with van der Waals surface area (Å²) in [7, 11) is 0. The molecule has 3 nitrogen and oxygen atoms in total. The van der Waals surface area contributed by atoms with Crippen molar-refractivity contribution in [1.82, 2.24) is 0 Å². The van der Waals surface area contributed by atoms with Crippen LogP contribution in [0.15, 0.2) is 36.4 Å². The number of aliphatic carboxylic acids is 1. The Balaban J connectivity index is 0.000000251. The van der Waals surface area contributed by atoms with Gasteiger partial charge in [0.1, 0.15) is 11.6 Å². The van der Waals surface area contributed by atoms with Crippen LogP contribution in [-0.2, 0) is 17.6 Å². The van der Waals surface area contributed by atoms with E-state index in [1.165, 1.54) is 0 Å². The number of aliphatic hydroxyl groups excluding tert-OH is 1. The number of halogens is 2. The molecule has 2 N–H and O–H groups in total. The zero-order chi connectivity index (χ0) is 18.8. The fraction of sp³-hybridized carbons (Fsp3) is 0.350. The number of hydrogen-bond donors (Lipinski definition) is 2. The minimum absolute atomic E-state index is 0.0274. The van der Waals surface area contributed by atoms with Crippen LogP contribution < -0.4 is 0 Å². The van der Waals surface area contributed by atoms with Crippen LogP contribution in [0.25, 0.3) is 0 Å². The molecule has 0 saturated heterocycles. The molecular weight excluding hydrogens is 326 g/mol. The van der Waals surface area contributed by atoms with Gasteiger partial charge < -0.3 is 10.2 Å². The van der Waals surface area contributed by atoms with Gasteiger partial charge in [-0.3, -0.25) is 4.79 Å². The normalized spacial score (nSPS) is 10.1. The highest BCUT2D eigenvalue weighted by atomic mass is 19.1. The van der Waals surface area contributed by atoms with E-state index in [1.807, 2.05) is 6.07 Å². The highest BCUT2D eigenvalue weighted by Crippen LogP contribution is 2.14. The van der Waals surface area contributed by atoms with E-state index >= 15 is 0 Å². The van der Waals surface area contributed by atoms with Gasteiger partial charge in [0, 0.05) is 13.0 Å². The number of carbonyl (C=O) groups is 1. The van der Waals surface area contributed by atoms with Crippen molar-refractivity contribution in [3.63, 3.8) is 0 Å². The molecule has 2 aromatic rings. The van der Waals surface area contributed by atoms with Crippen molar-refractivity contribution >= 4 is 5.97 Å². The lowest BCUT2D eigenvalue weighted by atomic mass is 10.1. The predicted octanol–water partition coefficient (Wildman–Crippen LogP) is 4.21. The average molecular weight is 350 g/mol. The Morgan fingerprint density at radius 1 is 0.920 bits per heavy atom. The first-order valence-electron chi connectivity index (χ1n) is 8.17. The van der Waals surface area contributed by atoms with Crippen LogP contribution in [0.4, 0.5) is 8.78 Å². The molecular formula is C20H24F2O3. The Kier molecular flexibility index (Phi) is 8.78. The van der Waals surface area contributed by atoms with Gasteiger partial charge in [-0.2, -0.15) is 0 Å². The maximum atomic E-state index is 13.3. The van der Waals surface area contributed by atoms with E-state index in [9.17, 15) is 13.6 Å². The van der Waals surface area contributed by atoms with Gasteiger partial charge in [0.2, 0.25) is 0 Å². The zero-order valence-corrected chi connectivity index (χ0v) is 14.6. The summed E-state index contributed by atoms with van der Waals surface area (Å²) in [4.78, 5) is 10.2. The van der Waals surface area contributed by atoms with Crippen molar-refractivity contribution in [2.75, 3.05) is 6.61 Å². The van der Waals surface area contributed by atoms with E-state index in [4.69, 9.17) is 10.2 Å². The molecule has 0 spiro atoms. The first kappa shape index (κ1) is 20.8. The third kappa shape index (κ3) is 7.01. The van der Waals surface area contributed by atoms with Crippen molar-refractivity contribution in [3.05, 3.63) is 70.3 Å². The fourth-order valence-electron chi connectivity index (χ4n) is 2.31. The Morgan fingerprint density at radius 3 is 1.84 bits per heavy atom. The Bertz CT molecular complexity index is 699. The highest BCUT2D eigenvalue weighted by Gasteiger charge is 2.06. The lowest BCUT2D eigenvalue weighted by Gasteiger charge is -2.03. The van der Waals surface area contributed by atoms with Gasteiger partial charge in [-0.25, -0.2) is 8.78 Å². The van der Waals surface area contributed by atoms with Crippen molar-refractivity contribution in [3.8, 4) is 0 Å². The number of hydrogen-bond acceptors (Lipinski definition) is 2. The monoisotopic (exact) mass is 350 g/mol. The topological polar surface area (TPSA) is 57.5 Å². The second kappa shape index (κ2) is 10.6. The predicted molar refractivity (Wildman–Crippen MR) is 93.6 cm³/mol. The summed E-state index contributed by atoms with van der Waals surface area (Å²) in [5.41, 5.74) is 2.40. The molecule has 0 aliphatic rings. The number of aliphatic hydroxyl groups is 1. The van der Waals surface area contributed by atoms with Crippen LogP contribution in [0.1, 0.15) is 35.1 Å². The van der Waals surface area contributed by atoms with Crippen LogP contribution in [0.5, 0.6) is 0 Å². The van der Waals surface area contributed by atoms with E-state index < -0.39 is 5.97 Å². The third-order valence-electron chi connectivity index (χ3n) is 3.76. The molecule has 0 amide bonds. The second-order valence-electron chi connectivity index (χ2n) is 5.82. The molecule has 0 fully saturated rings. The summed E-state index contributed by atoms with van der Waals surface area (Å²) in [6.45, 7) is 3.53. The van der Waals surface area contributed by atoms with Gasteiger partial charge in [0.15, 0.2) is 0 Å². The molecule has 2 aromatic carbocycles. The molecule has 0 saturated carbocycles. The van der Waals surface area contributed by atoms with Crippen LogP contribution in [0, 0.1) is 25.5 Å². The quantitative estimate of drug-likeness (QED) is 0.820. The summed E-state index contributed by atoms with van der Waals surface area (Å²) in [5, 5.41) is 17.0.